The predicted molar refractivity (Wildman–Crippen MR) is 196 cm³/mol. The van der Waals surface area contributed by atoms with E-state index in [-0.39, 0.29) is 30.3 Å². The second kappa shape index (κ2) is 13.1. The summed E-state index contributed by atoms with van der Waals surface area (Å²) in [5, 5.41) is 4.78. The van der Waals surface area contributed by atoms with Crippen LogP contribution >= 0.6 is 0 Å². The highest BCUT2D eigenvalue weighted by Crippen LogP contribution is 2.41. The molecule has 2 heterocycles. The Morgan fingerprint density at radius 1 is 0.490 bits per heavy atom. The lowest BCUT2D eigenvalue weighted by Crippen LogP contribution is -2.51. The molecule has 49 heavy (non-hydrogen) atoms. The second-order valence-corrected chi connectivity index (χ2v) is 14.0. The van der Waals surface area contributed by atoms with Crippen molar-refractivity contribution < 1.29 is 14.3 Å². The SMILES string of the molecule is CC1(C)O[C@@H]2[C@@H](O1)[C@@H](Cc1ccc3ccccc3c1)N(Cc1ccccc1)C(=O)N(Cc1ccccc1)[C@@H]2Cc1ccc2ccccc2c1. The van der Waals surface area contributed by atoms with Crippen molar-refractivity contribution in [3.63, 3.8) is 0 Å². The van der Waals surface area contributed by atoms with Crippen LogP contribution in [0.4, 0.5) is 4.79 Å². The Bertz CT molecular complexity index is 1930. The van der Waals surface area contributed by atoms with E-state index in [4.69, 9.17) is 9.47 Å². The zero-order chi connectivity index (χ0) is 33.4. The minimum Gasteiger partial charge on any atom is -0.342 e. The molecule has 2 saturated heterocycles. The van der Waals surface area contributed by atoms with Crippen LogP contribution in [-0.4, -0.2) is 45.9 Å². The zero-order valence-electron chi connectivity index (χ0n) is 28.1. The Labute approximate surface area is 288 Å². The van der Waals surface area contributed by atoms with E-state index in [1.807, 2.05) is 50.2 Å². The van der Waals surface area contributed by atoms with Crippen molar-refractivity contribution in [3.8, 4) is 0 Å². The van der Waals surface area contributed by atoms with Gasteiger partial charge in [-0.3, -0.25) is 0 Å². The Kier molecular flexibility index (Phi) is 8.40. The summed E-state index contributed by atoms with van der Waals surface area (Å²) in [5.41, 5.74) is 4.51. The van der Waals surface area contributed by atoms with E-state index in [0.717, 1.165) is 11.1 Å². The van der Waals surface area contributed by atoms with E-state index in [9.17, 15) is 0 Å². The van der Waals surface area contributed by atoms with Crippen LogP contribution in [0.2, 0.25) is 0 Å². The van der Waals surface area contributed by atoms with Crippen molar-refractivity contribution in [1.29, 1.82) is 0 Å². The molecule has 6 aromatic rings. The molecule has 246 valence electrons. The molecule has 8 rings (SSSR count). The fourth-order valence-electron chi connectivity index (χ4n) is 7.81. The summed E-state index contributed by atoms with van der Waals surface area (Å²) in [6, 6.07) is 50.3. The average Bonchev–Trinajstić information content (AvgIpc) is 3.43. The van der Waals surface area contributed by atoms with Crippen LogP contribution in [0.15, 0.2) is 146 Å². The molecule has 0 unspecified atom stereocenters. The van der Waals surface area contributed by atoms with Gasteiger partial charge in [0.1, 0.15) is 12.2 Å². The number of hydrogen-bond acceptors (Lipinski definition) is 3. The summed E-state index contributed by atoms with van der Waals surface area (Å²) >= 11 is 0. The third-order valence-corrected chi connectivity index (χ3v) is 10.1. The normalized spacial score (nSPS) is 22.0. The maximum atomic E-state index is 15.3. The van der Waals surface area contributed by atoms with Crippen LogP contribution in [0.25, 0.3) is 21.5 Å². The molecule has 5 heteroatoms. The molecule has 0 aliphatic carbocycles. The van der Waals surface area contributed by atoms with E-state index < -0.39 is 5.79 Å². The first-order chi connectivity index (χ1) is 23.9. The lowest BCUT2D eigenvalue weighted by atomic mass is 9.90. The molecule has 0 bridgehead atoms. The molecule has 5 nitrogen and oxygen atoms in total. The number of amides is 2. The standard InChI is InChI=1S/C44H42N2O3/c1-44(2)48-41-39(27-33-21-23-35-17-9-11-19-37(35)25-33)45(29-31-13-5-3-6-14-31)43(47)46(30-32-15-7-4-8-16-32)40(42(41)49-44)28-34-22-24-36-18-10-12-20-38(36)26-34/h3-26,39-42H,27-30H2,1-2H3/t39-,40-,41+,42+/m1/s1. The Hall–Kier alpha value is -4.97. The van der Waals surface area contributed by atoms with E-state index in [2.05, 4.69) is 119 Å². The highest BCUT2D eigenvalue weighted by atomic mass is 16.8. The van der Waals surface area contributed by atoms with Crippen molar-refractivity contribution in [2.75, 3.05) is 0 Å². The van der Waals surface area contributed by atoms with Crippen molar-refractivity contribution >= 4 is 27.6 Å². The van der Waals surface area contributed by atoms with E-state index in [0.29, 0.717) is 25.9 Å². The molecular weight excluding hydrogens is 604 g/mol. The number of ether oxygens (including phenoxy) is 2. The van der Waals surface area contributed by atoms with Gasteiger partial charge in [0, 0.05) is 13.1 Å². The van der Waals surface area contributed by atoms with Gasteiger partial charge in [-0.05, 0) is 70.5 Å². The molecule has 0 radical (unpaired) electrons. The smallest absolute Gasteiger partial charge is 0.321 e. The molecule has 0 saturated carbocycles. The Morgan fingerprint density at radius 3 is 1.31 bits per heavy atom. The molecule has 2 amide bonds. The minimum atomic E-state index is -0.810. The van der Waals surface area contributed by atoms with Gasteiger partial charge >= 0.3 is 6.03 Å². The number of rotatable bonds is 8. The molecule has 4 atom stereocenters. The summed E-state index contributed by atoms with van der Waals surface area (Å²) in [4.78, 5) is 19.4. The summed E-state index contributed by atoms with van der Waals surface area (Å²) in [7, 11) is 0. The minimum absolute atomic E-state index is 0.00342. The van der Waals surface area contributed by atoms with Crippen LogP contribution in [0.5, 0.6) is 0 Å². The lowest BCUT2D eigenvalue weighted by Gasteiger charge is -2.37. The highest BCUT2D eigenvalue weighted by molar-refractivity contribution is 5.84. The summed E-state index contributed by atoms with van der Waals surface area (Å²) in [6.07, 6.45) is 0.596. The highest BCUT2D eigenvalue weighted by Gasteiger charge is 2.55. The van der Waals surface area contributed by atoms with Crippen molar-refractivity contribution in [3.05, 3.63) is 168 Å². The van der Waals surface area contributed by atoms with Gasteiger partial charge in [-0.25, -0.2) is 4.79 Å². The number of carbonyl (C=O) groups is 1. The molecular formula is C44H42N2O3. The number of hydrogen-bond donors (Lipinski definition) is 0. The van der Waals surface area contributed by atoms with Crippen molar-refractivity contribution in [1.82, 2.24) is 9.80 Å². The van der Waals surface area contributed by atoms with E-state index in [1.165, 1.54) is 32.7 Å². The molecule has 2 aliphatic heterocycles. The molecule has 2 aliphatic rings. The van der Waals surface area contributed by atoms with Crippen molar-refractivity contribution in [2.45, 2.75) is 69.9 Å². The molecule has 0 aromatic heterocycles. The van der Waals surface area contributed by atoms with Crippen LogP contribution in [0.3, 0.4) is 0 Å². The van der Waals surface area contributed by atoms with Gasteiger partial charge in [0.15, 0.2) is 5.79 Å². The third kappa shape index (κ3) is 6.57. The molecule has 0 spiro atoms. The number of nitrogens with zero attached hydrogens (tertiary/aromatic N) is 2. The van der Waals surface area contributed by atoms with Gasteiger partial charge in [0.2, 0.25) is 0 Å². The molecule has 0 N–H and O–H groups in total. The number of fused-ring (bicyclic) bond motifs is 3. The van der Waals surface area contributed by atoms with Gasteiger partial charge in [-0.2, -0.15) is 0 Å². The fourth-order valence-corrected chi connectivity index (χ4v) is 7.81. The van der Waals surface area contributed by atoms with Gasteiger partial charge in [-0.1, -0.05) is 146 Å². The first-order valence-corrected chi connectivity index (χ1v) is 17.4. The van der Waals surface area contributed by atoms with Crippen LogP contribution in [0.1, 0.15) is 36.1 Å². The van der Waals surface area contributed by atoms with Crippen molar-refractivity contribution in [2.24, 2.45) is 0 Å². The first-order valence-electron chi connectivity index (χ1n) is 17.4. The lowest BCUT2D eigenvalue weighted by molar-refractivity contribution is -0.157. The second-order valence-electron chi connectivity index (χ2n) is 14.0. The van der Waals surface area contributed by atoms with Crippen LogP contribution in [0, 0.1) is 0 Å². The average molecular weight is 647 g/mol. The largest absolute Gasteiger partial charge is 0.342 e. The quantitative estimate of drug-likeness (QED) is 0.166. The Balaban J connectivity index is 1.26. The summed E-state index contributed by atoms with van der Waals surface area (Å²) < 4.78 is 13.8. The predicted octanol–water partition coefficient (Wildman–Crippen LogP) is 9.17. The number of carbonyl (C=O) groups excluding carboxylic acids is 1. The third-order valence-electron chi connectivity index (χ3n) is 10.1. The van der Waals surface area contributed by atoms with Crippen LogP contribution < -0.4 is 0 Å². The zero-order valence-corrected chi connectivity index (χ0v) is 28.1. The van der Waals surface area contributed by atoms with Gasteiger partial charge in [0.25, 0.3) is 0 Å². The monoisotopic (exact) mass is 646 g/mol. The van der Waals surface area contributed by atoms with Crippen LogP contribution in [-0.2, 0) is 35.4 Å². The number of benzene rings is 6. The van der Waals surface area contributed by atoms with E-state index in [1.54, 1.807) is 0 Å². The fraction of sp³-hybridized carbons (Fsp3) is 0.250. The first kappa shape index (κ1) is 31.3. The maximum Gasteiger partial charge on any atom is 0.321 e. The maximum absolute atomic E-state index is 15.3. The summed E-state index contributed by atoms with van der Waals surface area (Å²) in [6.45, 7) is 4.96. The molecule has 2 fully saturated rings. The van der Waals surface area contributed by atoms with E-state index >= 15 is 4.79 Å². The summed E-state index contributed by atoms with van der Waals surface area (Å²) in [5.74, 6) is -0.810. The van der Waals surface area contributed by atoms with Gasteiger partial charge in [0.05, 0.1) is 12.1 Å². The number of urea groups is 1. The molecule has 6 aromatic carbocycles. The topological polar surface area (TPSA) is 42.0 Å². The van der Waals surface area contributed by atoms with Gasteiger partial charge < -0.3 is 19.3 Å². The van der Waals surface area contributed by atoms with Gasteiger partial charge in [-0.15, -0.1) is 0 Å². The Morgan fingerprint density at radius 2 is 0.878 bits per heavy atom.